The maximum atomic E-state index is 12.1. The van der Waals surface area contributed by atoms with Crippen molar-refractivity contribution in [2.75, 3.05) is 11.1 Å². The van der Waals surface area contributed by atoms with E-state index >= 15 is 0 Å². The first-order chi connectivity index (χ1) is 12.1. The molecule has 0 saturated carbocycles. The highest BCUT2D eigenvalue weighted by atomic mass is 79.9. The number of nitrogens with one attached hydrogen (secondary N) is 2. The first-order valence-corrected chi connectivity index (χ1v) is 10.2. The predicted molar refractivity (Wildman–Crippen MR) is 104 cm³/mol. The fourth-order valence-corrected chi connectivity index (χ4v) is 4.06. The highest BCUT2D eigenvalue weighted by Gasteiger charge is 2.15. The first kappa shape index (κ1) is 18.2. The zero-order valence-electron chi connectivity index (χ0n) is 13.8. The summed E-state index contributed by atoms with van der Waals surface area (Å²) in [5.41, 5.74) is 2.58. The Kier molecular flexibility index (Phi) is 6.31. The topological polar surface area (TPSA) is 74.8 Å². The molecule has 3 rings (SSSR count). The van der Waals surface area contributed by atoms with Crippen LogP contribution in [-0.2, 0) is 17.6 Å². The van der Waals surface area contributed by atoms with Crippen molar-refractivity contribution < 1.29 is 4.79 Å². The van der Waals surface area contributed by atoms with Gasteiger partial charge in [-0.3, -0.25) is 9.59 Å². The van der Waals surface area contributed by atoms with Crippen LogP contribution in [0.2, 0.25) is 0 Å². The van der Waals surface area contributed by atoms with E-state index in [9.17, 15) is 9.59 Å². The Morgan fingerprint density at radius 2 is 2.16 bits per heavy atom. The van der Waals surface area contributed by atoms with Gasteiger partial charge in [0.15, 0.2) is 5.16 Å². The minimum absolute atomic E-state index is 0.000373. The summed E-state index contributed by atoms with van der Waals surface area (Å²) in [5, 5.41) is 3.54. The van der Waals surface area contributed by atoms with E-state index < -0.39 is 0 Å². The maximum absolute atomic E-state index is 12.1. The molecule has 2 aromatic rings. The Balaban J connectivity index is 1.46. The molecule has 0 fully saturated rings. The minimum Gasteiger partial charge on any atom is -0.326 e. The lowest BCUT2D eigenvalue weighted by molar-refractivity contribution is -0.116. The molecule has 1 amide bonds. The van der Waals surface area contributed by atoms with Crippen LogP contribution in [0.1, 0.15) is 36.9 Å². The first-order valence-electron chi connectivity index (χ1n) is 8.42. The number of aromatic amines is 1. The fourth-order valence-electron chi connectivity index (χ4n) is 2.84. The molecule has 5 nitrogen and oxygen atoms in total. The predicted octanol–water partition coefficient (Wildman–Crippen LogP) is 3.92. The van der Waals surface area contributed by atoms with Crippen molar-refractivity contribution in [1.82, 2.24) is 9.97 Å². The molecule has 0 saturated heterocycles. The number of hydrogen-bond donors (Lipinski definition) is 2. The van der Waals surface area contributed by atoms with Crippen LogP contribution < -0.4 is 10.9 Å². The van der Waals surface area contributed by atoms with Gasteiger partial charge in [-0.1, -0.05) is 33.8 Å². The van der Waals surface area contributed by atoms with Crippen molar-refractivity contribution in [2.24, 2.45) is 0 Å². The second kappa shape index (κ2) is 8.67. The normalized spacial score (nSPS) is 13.3. The third-order valence-corrected chi connectivity index (χ3v) is 5.52. The Morgan fingerprint density at radius 3 is 3.00 bits per heavy atom. The Labute approximate surface area is 159 Å². The van der Waals surface area contributed by atoms with E-state index in [0.29, 0.717) is 11.6 Å². The van der Waals surface area contributed by atoms with E-state index in [1.807, 2.05) is 24.3 Å². The molecule has 1 heterocycles. The quantitative estimate of drug-likeness (QED) is 0.420. The number of anilines is 1. The van der Waals surface area contributed by atoms with Gasteiger partial charge in [0.2, 0.25) is 5.91 Å². The maximum Gasteiger partial charge on any atom is 0.254 e. The van der Waals surface area contributed by atoms with E-state index in [4.69, 9.17) is 0 Å². The number of hydrogen-bond acceptors (Lipinski definition) is 4. The van der Waals surface area contributed by atoms with E-state index in [1.165, 1.54) is 11.8 Å². The van der Waals surface area contributed by atoms with Crippen LogP contribution >= 0.6 is 27.7 Å². The van der Waals surface area contributed by atoms with Gasteiger partial charge in [-0.05, 0) is 50.3 Å². The van der Waals surface area contributed by atoms with E-state index in [0.717, 1.165) is 59.3 Å². The number of carbonyl (C=O) groups is 1. The molecule has 1 aliphatic rings. The van der Waals surface area contributed by atoms with Gasteiger partial charge in [0.25, 0.3) is 5.56 Å². The summed E-state index contributed by atoms with van der Waals surface area (Å²) in [5.74, 6) is 0.735. The van der Waals surface area contributed by atoms with Crippen LogP contribution in [0.5, 0.6) is 0 Å². The number of aromatic nitrogens is 2. The summed E-state index contributed by atoms with van der Waals surface area (Å²) in [4.78, 5) is 31.5. The lowest BCUT2D eigenvalue weighted by atomic mass is 9.97. The largest absolute Gasteiger partial charge is 0.326 e. The molecule has 0 aliphatic heterocycles. The van der Waals surface area contributed by atoms with Gasteiger partial charge in [-0.25, -0.2) is 4.98 Å². The van der Waals surface area contributed by atoms with Crippen LogP contribution in [0.25, 0.3) is 0 Å². The smallest absolute Gasteiger partial charge is 0.254 e. The van der Waals surface area contributed by atoms with E-state index in [1.54, 1.807) is 0 Å². The number of H-pyrrole nitrogens is 1. The zero-order chi connectivity index (χ0) is 17.6. The highest BCUT2D eigenvalue weighted by Crippen LogP contribution is 2.20. The molecule has 0 spiro atoms. The molecular formula is C18H20BrN3O2S. The Morgan fingerprint density at radius 1 is 1.32 bits per heavy atom. The van der Waals surface area contributed by atoms with Crippen LogP contribution in [-0.4, -0.2) is 21.6 Å². The average Bonchev–Trinajstić information content (AvgIpc) is 2.59. The summed E-state index contributed by atoms with van der Waals surface area (Å²) in [6.45, 7) is 0. The molecule has 0 radical (unpaired) electrons. The van der Waals surface area contributed by atoms with Crippen molar-refractivity contribution in [3.63, 3.8) is 0 Å². The number of rotatable bonds is 6. The zero-order valence-corrected chi connectivity index (χ0v) is 16.2. The molecule has 1 aromatic carbocycles. The second-order valence-corrected chi connectivity index (χ2v) is 8.01. The number of thioether (sulfide) groups is 1. The summed E-state index contributed by atoms with van der Waals surface area (Å²) < 4.78 is 0.934. The number of fused-ring (bicyclic) bond motifs is 1. The van der Waals surface area contributed by atoms with Crippen molar-refractivity contribution in [2.45, 2.75) is 43.7 Å². The third-order valence-electron chi connectivity index (χ3n) is 4.07. The Hall–Kier alpha value is -1.60. The molecule has 132 valence electrons. The van der Waals surface area contributed by atoms with Gasteiger partial charge in [0.05, 0.1) is 5.69 Å². The summed E-state index contributed by atoms with van der Waals surface area (Å²) >= 11 is 4.89. The van der Waals surface area contributed by atoms with Crippen LogP contribution in [0.3, 0.4) is 0 Å². The van der Waals surface area contributed by atoms with Gasteiger partial charge in [0.1, 0.15) is 0 Å². The Bertz CT molecular complexity index is 822. The lowest BCUT2D eigenvalue weighted by Gasteiger charge is -2.14. The summed E-state index contributed by atoms with van der Waals surface area (Å²) in [7, 11) is 0. The molecule has 0 atom stereocenters. The van der Waals surface area contributed by atoms with Gasteiger partial charge in [-0.15, -0.1) is 0 Å². The van der Waals surface area contributed by atoms with Crippen molar-refractivity contribution >= 4 is 39.3 Å². The van der Waals surface area contributed by atoms with Gasteiger partial charge in [-0.2, -0.15) is 0 Å². The molecule has 1 aliphatic carbocycles. The highest BCUT2D eigenvalue weighted by molar-refractivity contribution is 9.10. The molecule has 7 heteroatoms. The van der Waals surface area contributed by atoms with Gasteiger partial charge in [0, 0.05) is 27.9 Å². The number of halogens is 1. The van der Waals surface area contributed by atoms with Gasteiger partial charge < -0.3 is 10.3 Å². The summed E-state index contributed by atoms with van der Waals surface area (Å²) in [6, 6.07) is 7.53. The number of nitrogens with zero attached hydrogens (tertiary/aromatic N) is 1. The molecule has 0 bridgehead atoms. The molecule has 25 heavy (non-hydrogen) atoms. The molecule has 1 aromatic heterocycles. The van der Waals surface area contributed by atoms with Crippen molar-refractivity contribution in [3.8, 4) is 0 Å². The van der Waals surface area contributed by atoms with Gasteiger partial charge >= 0.3 is 0 Å². The summed E-state index contributed by atoms with van der Waals surface area (Å²) in [6.07, 6.45) is 5.06. The van der Waals surface area contributed by atoms with Crippen molar-refractivity contribution in [3.05, 3.63) is 50.3 Å². The van der Waals surface area contributed by atoms with Crippen LogP contribution in [0.15, 0.2) is 38.7 Å². The molecule has 0 unspecified atom stereocenters. The van der Waals surface area contributed by atoms with E-state index in [2.05, 4.69) is 31.2 Å². The number of carbonyl (C=O) groups excluding carboxylic acids is 1. The second-order valence-electron chi connectivity index (χ2n) is 6.01. The van der Waals surface area contributed by atoms with Crippen LogP contribution in [0, 0.1) is 0 Å². The molecule has 2 N–H and O–H groups in total. The fraction of sp³-hybridized carbons (Fsp3) is 0.389. The third kappa shape index (κ3) is 5.19. The standard InChI is InChI=1S/C18H20BrN3O2S/c19-12-5-3-6-13(11-12)20-16(23)9-4-10-25-18-21-15-8-2-1-7-14(15)17(24)22-18/h3,5-6,11H,1-2,4,7-10H2,(H,20,23)(H,21,22,24). The lowest BCUT2D eigenvalue weighted by Crippen LogP contribution is -2.21. The number of aryl methyl sites for hydroxylation is 1. The van der Waals surface area contributed by atoms with E-state index in [-0.39, 0.29) is 11.5 Å². The number of benzene rings is 1. The minimum atomic E-state index is -0.00871. The SMILES string of the molecule is O=C(CCCSc1nc2c(c(=O)[nH]1)CCCC2)Nc1cccc(Br)c1. The monoisotopic (exact) mass is 421 g/mol. The molecular weight excluding hydrogens is 402 g/mol. The van der Waals surface area contributed by atoms with Crippen LogP contribution in [0.4, 0.5) is 5.69 Å². The van der Waals surface area contributed by atoms with Crippen molar-refractivity contribution in [1.29, 1.82) is 0 Å². The number of amides is 1. The average molecular weight is 422 g/mol.